The van der Waals surface area contributed by atoms with Crippen molar-refractivity contribution in [2.75, 3.05) is 0 Å². The third-order valence-electron chi connectivity index (χ3n) is 3.51. The van der Waals surface area contributed by atoms with Crippen LogP contribution in [0.1, 0.15) is 37.7 Å². The van der Waals surface area contributed by atoms with E-state index in [4.69, 9.17) is 11.6 Å². The van der Waals surface area contributed by atoms with E-state index in [1.807, 2.05) is 12.1 Å². The van der Waals surface area contributed by atoms with Crippen molar-refractivity contribution in [3.63, 3.8) is 0 Å². The Morgan fingerprint density at radius 1 is 1.29 bits per heavy atom. The summed E-state index contributed by atoms with van der Waals surface area (Å²) in [6, 6.07) is 5.30. The molecule has 1 aromatic carbocycles. The van der Waals surface area contributed by atoms with Crippen LogP contribution in [0.4, 0.5) is 4.39 Å². The van der Waals surface area contributed by atoms with Gasteiger partial charge in [-0.25, -0.2) is 4.39 Å². The van der Waals surface area contributed by atoms with Gasteiger partial charge in [-0.15, -0.1) is 0 Å². The normalized spacial score (nSPS) is 25.6. The molecular formula is C14H17BrClF. The molecule has 1 aromatic rings. The molecule has 1 aliphatic carbocycles. The van der Waals surface area contributed by atoms with Crippen LogP contribution in [0.5, 0.6) is 0 Å². The summed E-state index contributed by atoms with van der Waals surface area (Å²) in [6.45, 7) is 0. The maximum Gasteiger partial charge on any atom is 0.144 e. The average Bonchev–Trinajstić information content (AvgIpc) is 2.49. The fourth-order valence-corrected chi connectivity index (χ4v) is 3.65. The number of alkyl halides is 1. The molecule has 2 unspecified atom stereocenters. The van der Waals surface area contributed by atoms with Gasteiger partial charge in [-0.05, 0) is 36.8 Å². The van der Waals surface area contributed by atoms with Gasteiger partial charge in [0, 0.05) is 4.83 Å². The Kier molecular flexibility index (Phi) is 4.87. The molecule has 0 saturated heterocycles. The van der Waals surface area contributed by atoms with Crippen LogP contribution in [0.15, 0.2) is 18.2 Å². The molecule has 1 saturated carbocycles. The zero-order valence-electron chi connectivity index (χ0n) is 9.76. The first-order valence-electron chi connectivity index (χ1n) is 6.23. The van der Waals surface area contributed by atoms with Gasteiger partial charge in [0.1, 0.15) is 5.82 Å². The highest BCUT2D eigenvalue weighted by Gasteiger charge is 2.20. The number of hydrogen-bond acceptors (Lipinski definition) is 0. The largest absolute Gasteiger partial charge is 0.205 e. The summed E-state index contributed by atoms with van der Waals surface area (Å²) >= 11 is 9.51. The molecule has 2 rings (SSSR count). The summed E-state index contributed by atoms with van der Waals surface area (Å²) in [6.07, 6.45) is 6.95. The van der Waals surface area contributed by atoms with Crippen molar-refractivity contribution in [3.05, 3.63) is 34.6 Å². The van der Waals surface area contributed by atoms with E-state index in [1.54, 1.807) is 6.07 Å². The van der Waals surface area contributed by atoms with Crippen LogP contribution in [-0.2, 0) is 6.42 Å². The molecule has 1 aliphatic rings. The Labute approximate surface area is 116 Å². The molecule has 0 radical (unpaired) electrons. The van der Waals surface area contributed by atoms with E-state index in [0.29, 0.717) is 10.7 Å². The quantitative estimate of drug-likeness (QED) is 0.508. The lowest BCUT2D eigenvalue weighted by Crippen LogP contribution is -2.09. The summed E-state index contributed by atoms with van der Waals surface area (Å²) in [5.41, 5.74) is 0.768. The van der Waals surface area contributed by atoms with Gasteiger partial charge < -0.3 is 0 Å². The van der Waals surface area contributed by atoms with Crippen molar-refractivity contribution < 1.29 is 4.39 Å². The van der Waals surface area contributed by atoms with E-state index in [0.717, 1.165) is 18.4 Å². The molecule has 2 atom stereocenters. The number of hydrogen-bond donors (Lipinski definition) is 0. The van der Waals surface area contributed by atoms with E-state index >= 15 is 0 Å². The van der Waals surface area contributed by atoms with Gasteiger partial charge >= 0.3 is 0 Å². The zero-order valence-corrected chi connectivity index (χ0v) is 12.1. The lowest BCUT2D eigenvalue weighted by Gasteiger charge is -2.16. The minimum Gasteiger partial charge on any atom is -0.205 e. The number of benzene rings is 1. The van der Waals surface area contributed by atoms with Gasteiger partial charge in [0.05, 0.1) is 5.02 Å². The van der Waals surface area contributed by atoms with Crippen molar-refractivity contribution in [2.24, 2.45) is 5.92 Å². The first-order valence-corrected chi connectivity index (χ1v) is 7.53. The Morgan fingerprint density at radius 3 is 2.88 bits per heavy atom. The lowest BCUT2D eigenvalue weighted by atomic mass is 9.92. The van der Waals surface area contributed by atoms with E-state index in [-0.39, 0.29) is 10.8 Å². The monoisotopic (exact) mass is 318 g/mol. The van der Waals surface area contributed by atoms with Crippen LogP contribution in [0.25, 0.3) is 0 Å². The van der Waals surface area contributed by atoms with Gasteiger partial charge in [-0.2, -0.15) is 0 Å². The lowest BCUT2D eigenvalue weighted by molar-refractivity contribution is 0.453. The van der Waals surface area contributed by atoms with Crippen molar-refractivity contribution in [2.45, 2.75) is 43.4 Å². The summed E-state index contributed by atoms with van der Waals surface area (Å²) in [5, 5.41) is 0.242. The molecular weight excluding hydrogens is 303 g/mol. The molecule has 3 heteroatoms. The standard InChI is InChI=1S/C14H17BrClF/c15-12-6-2-1-4-10(9-12)8-11-5-3-7-13(16)14(11)17/h3,5,7,10,12H,1-2,4,6,8-9H2. The van der Waals surface area contributed by atoms with Crippen LogP contribution in [0.3, 0.4) is 0 Å². The summed E-state index contributed by atoms with van der Waals surface area (Å²) in [7, 11) is 0. The molecule has 1 fully saturated rings. The molecule has 94 valence electrons. The Bertz CT molecular complexity index is 380. The molecule has 17 heavy (non-hydrogen) atoms. The van der Waals surface area contributed by atoms with Gasteiger partial charge in [-0.1, -0.05) is 58.9 Å². The van der Waals surface area contributed by atoms with Gasteiger partial charge in [0.2, 0.25) is 0 Å². The highest BCUT2D eigenvalue weighted by atomic mass is 79.9. The van der Waals surface area contributed by atoms with Crippen molar-refractivity contribution in [1.82, 2.24) is 0 Å². The van der Waals surface area contributed by atoms with Gasteiger partial charge in [0.25, 0.3) is 0 Å². The molecule has 0 spiro atoms. The van der Waals surface area contributed by atoms with Crippen LogP contribution in [0, 0.1) is 11.7 Å². The molecule has 0 N–H and O–H groups in total. The summed E-state index contributed by atoms with van der Waals surface area (Å²) in [4.78, 5) is 0.595. The molecule has 0 amide bonds. The van der Waals surface area contributed by atoms with E-state index in [2.05, 4.69) is 15.9 Å². The zero-order chi connectivity index (χ0) is 12.3. The number of halogens is 3. The average molecular weight is 320 g/mol. The predicted octanol–water partition coefficient (Wildman–Crippen LogP) is 5.37. The third kappa shape index (κ3) is 3.69. The van der Waals surface area contributed by atoms with Gasteiger partial charge in [0.15, 0.2) is 0 Å². The maximum absolute atomic E-state index is 13.8. The molecule has 0 heterocycles. The highest BCUT2D eigenvalue weighted by Crippen LogP contribution is 2.31. The fraction of sp³-hybridized carbons (Fsp3) is 0.571. The second-order valence-corrected chi connectivity index (χ2v) is 6.60. The first-order chi connectivity index (χ1) is 8.16. The first kappa shape index (κ1) is 13.4. The third-order valence-corrected chi connectivity index (χ3v) is 4.63. The van der Waals surface area contributed by atoms with Crippen molar-refractivity contribution >= 4 is 27.5 Å². The highest BCUT2D eigenvalue weighted by molar-refractivity contribution is 9.09. The minimum absolute atomic E-state index is 0.232. The Balaban J connectivity index is 2.06. The second kappa shape index (κ2) is 6.19. The van der Waals surface area contributed by atoms with Crippen molar-refractivity contribution in [1.29, 1.82) is 0 Å². The topological polar surface area (TPSA) is 0 Å². The summed E-state index contributed by atoms with van der Waals surface area (Å²) < 4.78 is 13.8. The number of rotatable bonds is 2. The van der Waals surface area contributed by atoms with Crippen LogP contribution < -0.4 is 0 Å². The van der Waals surface area contributed by atoms with Crippen LogP contribution in [-0.4, -0.2) is 4.83 Å². The Hall–Kier alpha value is -0.0800. The molecule has 0 aliphatic heterocycles. The minimum atomic E-state index is -0.232. The maximum atomic E-state index is 13.8. The van der Waals surface area contributed by atoms with Gasteiger partial charge in [-0.3, -0.25) is 0 Å². The molecule has 0 nitrogen and oxygen atoms in total. The molecule has 0 aromatic heterocycles. The fourth-order valence-electron chi connectivity index (χ4n) is 2.60. The van der Waals surface area contributed by atoms with E-state index < -0.39 is 0 Å². The van der Waals surface area contributed by atoms with E-state index in [1.165, 1.54) is 25.7 Å². The predicted molar refractivity (Wildman–Crippen MR) is 74.4 cm³/mol. The van der Waals surface area contributed by atoms with Crippen LogP contribution in [0.2, 0.25) is 5.02 Å². The smallest absolute Gasteiger partial charge is 0.144 e. The summed E-state index contributed by atoms with van der Waals surface area (Å²) in [5.74, 6) is 0.347. The van der Waals surface area contributed by atoms with Crippen molar-refractivity contribution in [3.8, 4) is 0 Å². The van der Waals surface area contributed by atoms with E-state index in [9.17, 15) is 4.39 Å². The second-order valence-electron chi connectivity index (χ2n) is 4.90. The van der Waals surface area contributed by atoms with Crippen LogP contribution >= 0.6 is 27.5 Å². The SMILES string of the molecule is Fc1c(Cl)cccc1CC1CCCCC(Br)C1. The Morgan fingerprint density at radius 2 is 2.06 bits per heavy atom. The molecule has 0 bridgehead atoms.